The molecule has 0 radical (unpaired) electrons. The average Bonchev–Trinajstić information content (AvgIpc) is 3.79. The fraction of sp³-hybridized carbons (Fsp3) is 0.466. The van der Waals surface area contributed by atoms with Crippen LogP contribution in [0.15, 0.2) is 96.2 Å². The van der Waals surface area contributed by atoms with E-state index in [1.807, 2.05) is 24.3 Å². The summed E-state index contributed by atoms with van der Waals surface area (Å²) in [5, 5.41) is 25.7. The number of H-pyrrole nitrogens is 1. The number of ether oxygens (including phenoxy) is 2. The second-order valence-electron chi connectivity index (χ2n) is 23.0. The molecule has 5 heterocycles. The predicted molar refractivity (Wildman–Crippen MR) is 307 cm³/mol. The number of aromatic nitrogens is 3. The molecule has 2 saturated heterocycles. The van der Waals surface area contributed by atoms with Crippen molar-refractivity contribution in [3.63, 3.8) is 0 Å². The third kappa shape index (κ3) is 13.1. The topological polar surface area (TPSA) is 255 Å². The van der Waals surface area contributed by atoms with Gasteiger partial charge in [0, 0.05) is 93.7 Å². The third-order valence-electron chi connectivity index (χ3n) is 16.7. The molecule has 4 aliphatic rings. The van der Waals surface area contributed by atoms with Crippen molar-refractivity contribution in [3.8, 4) is 17.4 Å². The number of pyridine rings is 2. The smallest absolute Gasteiger partial charge is 0.312 e. The number of aliphatic hydroxyl groups is 1. The van der Waals surface area contributed by atoms with Crippen molar-refractivity contribution in [2.75, 3.05) is 67.1 Å². The van der Waals surface area contributed by atoms with Gasteiger partial charge in [0.1, 0.15) is 22.1 Å². The molecule has 2 aliphatic heterocycles. The van der Waals surface area contributed by atoms with E-state index >= 15 is 4.39 Å². The van der Waals surface area contributed by atoms with Crippen molar-refractivity contribution in [3.05, 3.63) is 129 Å². The molecular weight excluding hydrogens is 1080 g/mol. The summed E-state index contributed by atoms with van der Waals surface area (Å²) in [5.74, 6) is -1.44. The molecule has 6 aromatic rings. The number of carbonyl (C=O) groups is 1. The van der Waals surface area contributed by atoms with Gasteiger partial charge in [-0.05, 0) is 123 Å². The lowest BCUT2D eigenvalue weighted by molar-refractivity contribution is -0.384. The maximum Gasteiger partial charge on any atom is 0.312 e. The van der Waals surface area contributed by atoms with Gasteiger partial charge in [-0.25, -0.2) is 30.9 Å². The molecule has 1 spiro atoms. The van der Waals surface area contributed by atoms with Gasteiger partial charge in [0.2, 0.25) is 15.8 Å². The number of carbonyl (C=O) groups excluding carboxylic acids is 1. The SMILES string of the molecule is CCOc1nc2[nH]cc(F)c2cc1Oc1cc(N2CCC3(CC2)CC(N2CCN(Cc4ccc(NS(C)(=O)=O)cc4)C[C@H]2c2ccccc2C(C)C)C3)ccc1C(=O)NS(=O)(=O)c1cnc(NCC2CCC(C)(O)CC2)c([N+](=O)[O-])c1. The van der Waals surface area contributed by atoms with Gasteiger partial charge in [0.05, 0.1) is 40.5 Å². The maximum absolute atomic E-state index is 15.0. The van der Waals surface area contributed by atoms with E-state index in [0.29, 0.717) is 68.7 Å². The highest BCUT2D eigenvalue weighted by atomic mass is 32.2. The Hall–Kier alpha value is -6.92. The zero-order valence-corrected chi connectivity index (χ0v) is 47.9. The normalized spacial score (nSPS) is 21.0. The van der Waals surface area contributed by atoms with Gasteiger partial charge < -0.3 is 29.8 Å². The van der Waals surface area contributed by atoms with Gasteiger partial charge in [-0.3, -0.25) is 29.4 Å². The first-order valence-corrected chi connectivity index (χ1v) is 31.1. The van der Waals surface area contributed by atoms with Crippen molar-refractivity contribution in [2.24, 2.45) is 11.3 Å². The van der Waals surface area contributed by atoms with Crippen LogP contribution in [0.25, 0.3) is 11.0 Å². The largest absolute Gasteiger partial charge is 0.475 e. The molecule has 4 fully saturated rings. The first-order chi connectivity index (χ1) is 38.5. The third-order valence-corrected chi connectivity index (χ3v) is 18.6. The van der Waals surface area contributed by atoms with Gasteiger partial charge in [0.25, 0.3) is 21.8 Å². The number of nitrogens with zero attached hydrogens (tertiary/aromatic N) is 6. The molecule has 81 heavy (non-hydrogen) atoms. The average molecular weight is 1150 g/mol. The zero-order chi connectivity index (χ0) is 57.4. The summed E-state index contributed by atoms with van der Waals surface area (Å²) >= 11 is 0. The first-order valence-electron chi connectivity index (χ1n) is 27.7. The number of rotatable bonds is 19. The number of aromatic amines is 1. The summed E-state index contributed by atoms with van der Waals surface area (Å²) < 4.78 is 83.4. The Labute approximate surface area is 472 Å². The van der Waals surface area contributed by atoms with Crippen LogP contribution < -0.4 is 29.1 Å². The summed E-state index contributed by atoms with van der Waals surface area (Å²) in [6.07, 6.45) is 9.74. The quantitative estimate of drug-likeness (QED) is 0.0374. The molecule has 2 saturated carbocycles. The number of nitrogens with one attached hydrogen (secondary N) is 4. The van der Waals surface area contributed by atoms with E-state index in [0.717, 1.165) is 82.1 Å². The molecule has 0 bridgehead atoms. The second-order valence-corrected chi connectivity index (χ2v) is 26.4. The second kappa shape index (κ2) is 23.1. The van der Waals surface area contributed by atoms with E-state index in [-0.39, 0.29) is 63.8 Å². The lowest BCUT2D eigenvalue weighted by atomic mass is 9.59. The highest BCUT2D eigenvalue weighted by molar-refractivity contribution is 7.92. The standard InChI is InChI=1S/C58H71FN10O10S2/c1-6-78-56-52(29-47-48(59)34-62-53(47)63-56)79-51-27-41(15-16-46(51)55(70)65-81(76,77)43-28-49(69(72)73)54(61-33-43)60-32-38-17-19-57(4,71)20-18-38)67-23-21-58(22-24-67)30-42(31-58)68-26-25-66(35-39-11-13-40(14-12-39)64-80(5,74)75)36-50(68)45-10-8-7-9-44(45)37(2)3/h7-16,27-29,33-34,37-38,42,50,64,71H,6,17-26,30-32,35-36H2,1-5H3,(H,60,61)(H,62,63)(H,65,70)/t38?,50-,57?/m0/s1. The molecule has 20 nitrogen and oxygen atoms in total. The Bertz CT molecular complexity index is 3520. The number of anilines is 3. The molecule has 3 aromatic carbocycles. The number of nitro groups is 1. The van der Waals surface area contributed by atoms with E-state index in [4.69, 9.17) is 9.47 Å². The zero-order valence-electron chi connectivity index (χ0n) is 46.3. The first kappa shape index (κ1) is 57.3. The van der Waals surface area contributed by atoms with Crippen LogP contribution in [0.5, 0.6) is 17.4 Å². The molecule has 0 unspecified atom stereocenters. The minimum atomic E-state index is -4.76. The van der Waals surface area contributed by atoms with Crippen molar-refractivity contribution < 1.29 is 45.5 Å². The highest BCUT2D eigenvalue weighted by Gasteiger charge is 2.50. The Kier molecular flexibility index (Phi) is 16.4. The van der Waals surface area contributed by atoms with Crippen molar-refractivity contribution in [1.82, 2.24) is 29.5 Å². The van der Waals surface area contributed by atoms with Crippen molar-refractivity contribution >= 4 is 59.9 Å². The molecule has 1 atom stereocenters. The molecule has 5 N–H and O–H groups in total. The van der Waals surface area contributed by atoms with Crippen LogP contribution in [0.2, 0.25) is 0 Å². The van der Waals surface area contributed by atoms with Crippen molar-refractivity contribution in [1.29, 1.82) is 0 Å². The van der Waals surface area contributed by atoms with Gasteiger partial charge in [-0.2, -0.15) is 4.98 Å². The van der Waals surface area contributed by atoms with E-state index in [9.17, 15) is 36.9 Å². The van der Waals surface area contributed by atoms with E-state index in [2.05, 4.69) is 82.5 Å². The molecule has 10 rings (SSSR count). The van der Waals surface area contributed by atoms with Crippen molar-refractivity contribution in [2.45, 2.75) is 114 Å². The molecule has 3 aromatic heterocycles. The lowest BCUT2D eigenvalue weighted by Gasteiger charge is -2.58. The Morgan fingerprint density at radius 3 is 2.38 bits per heavy atom. The van der Waals surface area contributed by atoms with E-state index < -0.39 is 52.9 Å². The van der Waals surface area contributed by atoms with Gasteiger partial charge >= 0.3 is 5.69 Å². The number of benzene rings is 3. The Morgan fingerprint density at radius 2 is 1.69 bits per heavy atom. The van der Waals surface area contributed by atoms with Gasteiger partial charge in [-0.1, -0.05) is 50.2 Å². The van der Waals surface area contributed by atoms with Crippen LogP contribution in [-0.2, 0) is 26.6 Å². The molecule has 1 amide bonds. The predicted octanol–water partition coefficient (Wildman–Crippen LogP) is 9.47. The van der Waals surface area contributed by atoms with Crippen LogP contribution in [0.1, 0.15) is 118 Å². The van der Waals surface area contributed by atoms with Gasteiger partial charge in [-0.15, -0.1) is 0 Å². The number of halogens is 1. The summed E-state index contributed by atoms with van der Waals surface area (Å²) in [4.78, 5) is 43.9. The Morgan fingerprint density at radius 1 is 0.963 bits per heavy atom. The number of sulfonamides is 2. The lowest BCUT2D eigenvalue weighted by Crippen LogP contribution is -2.60. The highest BCUT2D eigenvalue weighted by Crippen LogP contribution is 2.54. The Balaban J connectivity index is 0.855. The summed E-state index contributed by atoms with van der Waals surface area (Å²) in [6, 6.07) is 24.0. The molecular formula is C58H71FN10O10S2. The maximum atomic E-state index is 15.0. The number of fused-ring (bicyclic) bond motifs is 1. The van der Waals surface area contributed by atoms with Crippen LogP contribution in [0.4, 0.5) is 27.3 Å². The fourth-order valence-corrected chi connectivity index (χ4v) is 13.7. The molecule has 23 heteroatoms. The van der Waals surface area contributed by atoms with E-state index in [1.54, 1.807) is 26.0 Å². The van der Waals surface area contributed by atoms with Gasteiger partial charge in [0.15, 0.2) is 5.75 Å². The van der Waals surface area contributed by atoms with E-state index in [1.165, 1.54) is 23.3 Å². The summed E-state index contributed by atoms with van der Waals surface area (Å²) in [6.45, 7) is 13.3. The number of hydrogen-bond donors (Lipinski definition) is 5. The van der Waals surface area contributed by atoms with Crippen LogP contribution in [0, 0.1) is 27.3 Å². The molecule has 432 valence electrons. The number of amides is 1. The fourth-order valence-electron chi connectivity index (χ4n) is 12.3. The summed E-state index contributed by atoms with van der Waals surface area (Å²) in [5.41, 5.74) is 3.83. The summed E-state index contributed by atoms with van der Waals surface area (Å²) in [7, 11) is -8.15. The minimum Gasteiger partial charge on any atom is -0.475 e. The van der Waals surface area contributed by atoms with Crippen LogP contribution >= 0.6 is 0 Å². The molecule has 2 aliphatic carbocycles. The van der Waals surface area contributed by atoms with Crippen LogP contribution in [-0.4, -0.2) is 121 Å². The monoisotopic (exact) mass is 1150 g/mol. The minimum absolute atomic E-state index is 0.00512. The number of piperidine rings is 1. The van der Waals surface area contributed by atoms with Crippen LogP contribution in [0.3, 0.4) is 0 Å². The number of piperazine rings is 1. The number of hydrogen-bond acceptors (Lipinski definition) is 16.